The fourth-order valence-electron chi connectivity index (χ4n) is 2.00. The third-order valence-electron chi connectivity index (χ3n) is 2.87. The first-order chi connectivity index (χ1) is 6.74. The molecule has 0 spiro atoms. The Morgan fingerprint density at radius 1 is 1.14 bits per heavy atom. The average Bonchev–Trinajstić information content (AvgIpc) is 2.45. The fraction of sp³-hybridized carbons (Fsp3) is 0.692. The maximum atomic E-state index is 9.58. The zero-order chi connectivity index (χ0) is 10.4. The molecule has 1 aliphatic rings. The molecule has 0 aromatic heterocycles. The number of unbranched alkanes of at least 4 members (excludes halogenated alkanes) is 4. The number of hydrogen-bond donors (Lipinski definition) is 1. The van der Waals surface area contributed by atoms with E-state index in [1.165, 1.54) is 43.3 Å². The minimum absolute atomic E-state index is 0.602. The zero-order valence-corrected chi connectivity index (χ0v) is 9.31. The summed E-state index contributed by atoms with van der Waals surface area (Å²) in [5.41, 5.74) is 2.41. The van der Waals surface area contributed by atoms with Gasteiger partial charge in [-0.2, -0.15) is 0 Å². The molecule has 14 heavy (non-hydrogen) atoms. The van der Waals surface area contributed by atoms with Gasteiger partial charge in [-0.3, -0.25) is 0 Å². The molecule has 0 atom stereocenters. The van der Waals surface area contributed by atoms with Gasteiger partial charge in [0, 0.05) is 6.42 Å². The summed E-state index contributed by atoms with van der Waals surface area (Å²) in [6.45, 7) is 6.14. The smallest absolute Gasteiger partial charge is 0.0958 e. The molecule has 0 aliphatic heterocycles. The molecule has 80 valence electrons. The predicted molar refractivity (Wildman–Crippen MR) is 61.4 cm³/mol. The van der Waals surface area contributed by atoms with E-state index in [0.717, 1.165) is 19.3 Å². The van der Waals surface area contributed by atoms with Gasteiger partial charge in [0.15, 0.2) is 0 Å². The Kier molecular flexibility index (Phi) is 4.78. The second-order valence-electron chi connectivity index (χ2n) is 4.32. The summed E-state index contributed by atoms with van der Waals surface area (Å²) in [7, 11) is 0. The maximum absolute atomic E-state index is 9.58. The zero-order valence-electron chi connectivity index (χ0n) is 9.31. The van der Waals surface area contributed by atoms with Crippen LogP contribution in [-0.2, 0) is 0 Å². The van der Waals surface area contributed by atoms with Crippen LogP contribution in [0.3, 0.4) is 0 Å². The molecule has 1 aliphatic carbocycles. The van der Waals surface area contributed by atoms with E-state index in [-0.39, 0.29) is 0 Å². The highest BCUT2D eigenvalue weighted by Gasteiger charge is 2.15. The average molecular weight is 194 g/mol. The van der Waals surface area contributed by atoms with Gasteiger partial charge in [0.25, 0.3) is 0 Å². The van der Waals surface area contributed by atoms with Crippen molar-refractivity contribution in [2.75, 3.05) is 0 Å². The largest absolute Gasteiger partial charge is 0.512 e. The van der Waals surface area contributed by atoms with Crippen LogP contribution in [0.15, 0.2) is 23.5 Å². The van der Waals surface area contributed by atoms with Crippen LogP contribution in [0, 0.1) is 0 Å². The summed E-state index contributed by atoms with van der Waals surface area (Å²) in [4.78, 5) is 0. The first-order valence-corrected chi connectivity index (χ1v) is 5.80. The molecule has 0 saturated carbocycles. The van der Waals surface area contributed by atoms with Crippen molar-refractivity contribution in [2.45, 2.75) is 58.3 Å². The molecule has 1 nitrogen and oxygen atoms in total. The van der Waals surface area contributed by atoms with E-state index < -0.39 is 0 Å². The number of allylic oxidation sites excluding steroid dienone is 2. The predicted octanol–water partition coefficient (Wildman–Crippen LogP) is 4.51. The molecule has 0 aromatic carbocycles. The van der Waals surface area contributed by atoms with Crippen molar-refractivity contribution < 1.29 is 5.11 Å². The van der Waals surface area contributed by atoms with Crippen LogP contribution in [0.4, 0.5) is 0 Å². The van der Waals surface area contributed by atoms with Crippen molar-refractivity contribution in [3.05, 3.63) is 23.5 Å². The number of aliphatic hydroxyl groups is 1. The molecule has 0 fully saturated rings. The molecule has 0 unspecified atom stereocenters. The number of rotatable bonds is 6. The van der Waals surface area contributed by atoms with Gasteiger partial charge in [-0.25, -0.2) is 0 Å². The van der Waals surface area contributed by atoms with Crippen LogP contribution in [0.25, 0.3) is 0 Å². The first kappa shape index (κ1) is 11.4. The second-order valence-corrected chi connectivity index (χ2v) is 4.32. The van der Waals surface area contributed by atoms with E-state index in [2.05, 4.69) is 13.5 Å². The first-order valence-electron chi connectivity index (χ1n) is 5.80. The van der Waals surface area contributed by atoms with Gasteiger partial charge < -0.3 is 5.11 Å². The highest BCUT2D eigenvalue weighted by Crippen LogP contribution is 2.31. The van der Waals surface area contributed by atoms with Gasteiger partial charge in [-0.1, -0.05) is 44.8 Å². The second kappa shape index (κ2) is 5.90. The van der Waals surface area contributed by atoms with E-state index in [4.69, 9.17) is 0 Å². The van der Waals surface area contributed by atoms with Gasteiger partial charge in [-0.05, 0) is 24.8 Å². The van der Waals surface area contributed by atoms with Gasteiger partial charge in [0.2, 0.25) is 0 Å². The van der Waals surface area contributed by atoms with Gasteiger partial charge in [0.05, 0.1) is 5.76 Å². The molecule has 0 amide bonds. The molecule has 0 bridgehead atoms. The Bertz CT molecular complexity index is 225. The summed E-state index contributed by atoms with van der Waals surface area (Å²) in [5, 5.41) is 9.58. The summed E-state index contributed by atoms with van der Waals surface area (Å²) >= 11 is 0. The Morgan fingerprint density at radius 3 is 2.43 bits per heavy atom. The Labute approximate surface area is 87.5 Å². The van der Waals surface area contributed by atoms with Crippen molar-refractivity contribution in [3.8, 4) is 0 Å². The molecule has 0 heterocycles. The standard InChI is InChI=1S/C13H22O/c1-3-4-5-6-7-8-12-9-11(2)10-13(12)14/h14H,2-10H2,1H3. The van der Waals surface area contributed by atoms with Crippen molar-refractivity contribution in [2.24, 2.45) is 0 Å². The Balaban J connectivity index is 2.12. The number of aliphatic hydroxyl groups excluding tert-OH is 1. The van der Waals surface area contributed by atoms with E-state index in [1.807, 2.05) is 0 Å². The van der Waals surface area contributed by atoms with Crippen molar-refractivity contribution in [3.63, 3.8) is 0 Å². The quantitative estimate of drug-likeness (QED) is 0.487. The lowest BCUT2D eigenvalue weighted by Crippen LogP contribution is -1.84. The molecule has 1 N–H and O–H groups in total. The van der Waals surface area contributed by atoms with Crippen LogP contribution in [-0.4, -0.2) is 5.11 Å². The maximum Gasteiger partial charge on any atom is 0.0958 e. The minimum atomic E-state index is 0.602. The molecule has 0 radical (unpaired) electrons. The molecular weight excluding hydrogens is 172 g/mol. The van der Waals surface area contributed by atoms with E-state index >= 15 is 0 Å². The van der Waals surface area contributed by atoms with Gasteiger partial charge in [-0.15, -0.1) is 0 Å². The fourth-order valence-corrected chi connectivity index (χ4v) is 2.00. The van der Waals surface area contributed by atoms with Crippen LogP contribution < -0.4 is 0 Å². The summed E-state index contributed by atoms with van der Waals surface area (Å²) in [5.74, 6) is 0.602. The van der Waals surface area contributed by atoms with Crippen LogP contribution in [0.5, 0.6) is 0 Å². The summed E-state index contributed by atoms with van der Waals surface area (Å²) in [6, 6.07) is 0. The van der Waals surface area contributed by atoms with E-state index in [1.54, 1.807) is 0 Å². The van der Waals surface area contributed by atoms with Crippen LogP contribution >= 0.6 is 0 Å². The third kappa shape index (κ3) is 3.57. The monoisotopic (exact) mass is 194 g/mol. The molecule has 0 aromatic rings. The van der Waals surface area contributed by atoms with Gasteiger partial charge in [0.1, 0.15) is 0 Å². The molecule has 0 saturated heterocycles. The third-order valence-corrected chi connectivity index (χ3v) is 2.87. The normalized spacial score (nSPS) is 16.8. The van der Waals surface area contributed by atoms with Crippen molar-refractivity contribution in [1.29, 1.82) is 0 Å². The summed E-state index contributed by atoms with van der Waals surface area (Å²) < 4.78 is 0. The topological polar surface area (TPSA) is 20.2 Å². The highest BCUT2D eigenvalue weighted by atomic mass is 16.3. The molecular formula is C13H22O. The Hall–Kier alpha value is -0.720. The molecule has 1 rings (SSSR count). The highest BCUT2D eigenvalue weighted by molar-refractivity contribution is 5.27. The van der Waals surface area contributed by atoms with E-state index in [0.29, 0.717) is 5.76 Å². The lowest BCUT2D eigenvalue weighted by Gasteiger charge is -2.02. The van der Waals surface area contributed by atoms with Crippen LogP contribution in [0.1, 0.15) is 58.3 Å². The molecule has 1 heteroatoms. The van der Waals surface area contributed by atoms with Crippen molar-refractivity contribution >= 4 is 0 Å². The number of hydrogen-bond acceptors (Lipinski definition) is 1. The van der Waals surface area contributed by atoms with Crippen LogP contribution in [0.2, 0.25) is 0 Å². The Morgan fingerprint density at radius 2 is 1.86 bits per heavy atom. The summed E-state index contributed by atoms with van der Waals surface area (Å²) in [6.07, 6.45) is 9.26. The lowest BCUT2D eigenvalue weighted by atomic mass is 10.0. The SMILES string of the molecule is C=C1CC(O)=C(CCCCCCC)C1. The lowest BCUT2D eigenvalue weighted by molar-refractivity contribution is 0.396. The van der Waals surface area contributed by atoms with Gasteiger partial charge >= 0.3 is 0 Å². The van der Waals surface area contributed by atoms with E-state index in [9.17, 15) is 5.11 Å². The minimum Gasteiger partial charge on any atom is -0.512 e. The van der Waals surface area contributed by atoms with Crippen molar-refractivity contribution in [1.82, 2.24) is 0 Å².